The summed E-state index contributed by atoms with van der Waals surface area (Å²) in [7, 11) is 37.5. The van der Waals surface area contributed by atoms with Gasteiger partial charge in [0.2, 0.25) is 11.8 Å². The first-order chi connectivity index (χ1) is 68.2. The summed E-state index contributed by atoms with van der Waals surface area (Å²) in [4.78, 5) is 103. The number of carbonyl (C=O) groups excluding carboxylic acids is 6. The molecule has 12 fully saturated rings. The molecule has 0 spiro atoms. The van der Waals surface area contributed by atoms with E-state index < -0.39 is 0 Å². The van der Waals surface area contributed by atoms with Crippen LogP contribution in [0.5, 0.6) is 0 Å². The Kier molecular flexibility index (Phi) is 71.6. The van der Waals surface area contributed by atoms with E-state index in [4.69, 9.17) is 0 Å². The number of amides is 10. The fraction of sp³-hybridized carbons (Fsp3) is 0.952. The Hall–Kier alpha value is -4.22. The summed E-state index contributed by atoms with van der Waals surface area (Å²) < 4.78 is 0. The minimum absolute atomic E-state index is 0.129. The van der Waals surface area contributed by atoms with Crippen LogP contribution < -0.4 is 0 Å². The number of hydrogen-bond donors (Lipinski definition) is 0. The summed E-state index contributed by atoms with van der Waals surface area (Å²) in [5, 5.41) is 0. The van der Waals surface area contributed by atoms with Crippen molar-refractivity contribution in [3.8, 4) is 0 Å². The lowest BCUT2D eigenvalue weighted by molar-refractivity contribution is -0.134. The lowest BCUT2D eigenvalue weighted by Gasteiger charge is -2.39. The summed E-state index contributed by atoms with van der Waals surface area (Å²) in [5.41, 5.74) is 0. The zero-order chi connectivity index (χ0) is 111. The lowest BCUT2D eigenvalue weighted by Crippen LogP contribution is -2.50. The third-order valence-corrected chi connectivity index (χ3v) is 36.0. The molecule has 12 rings (SSSR count). The van der Waals surface area contributed by atoms with Crippen molar-refractivity contribution in [1.29, 1.82) is 0 Å². The fourth-order valence-corrected chi connectivity index (χ4v) is 25.2. The van der Waals surface area contributed by atoms with E-state index in [1.165, 1.54) is 245 Å². The second-order valence-corrected chi connectivity index (χ2v) is 53.0. The minimum atomic E-state index is 0.129. The number of piperidine rings is 8. The number of rotatable bonds is 16. The number of urea groups is 4. The largest absolute Gasteiger partial charge is 0.349 e. The van der Waals surface area contributed by atoms with Crippen molar-refractivity contribution >= 4 is 35.9 Å². The average molecular weight is 2060 g/mol. The van der Waals surface area contributed by atoms with Crippen LogP contribution in [0.2, 0.25) is 0 Å². The van der Waals surface area contributed by atoms with Gasteiger partial charge in [-0.05, 0) is 393 Å². The van der Waals surface area contributed by atoms with Gasteiger partial charge in [-0.15, -0.1) is 0 Å². The van der Waals surface area contributed by atoms with Crippen LogP contribution in [0.15, 0.2) is 0 Å². The van der Waals surface area contributed by atoms with Crippen LogP contribution in [0.3, 0.4) is 0 Å². The highest BCUT2D eigenvalue weighted by molar-refractivity contribution is 5.78. The molecule has 12 atom stereocenters. The Morgan fingerprint density at radius 2 is 0.555 bits per heavy atom. The van der Waals surface area contributed by atoms with Crippen LogP contribution in [0.4, 0.5) is 19.2 Å². The molecule has 0 aromatic carbocycles. The SMILES string of the molecule is CC(=O)N(C)C1CCC(C(C)C)CC1.CC(C)C1CCC(C(=O)N(C)C)CC1.CC(C)C1CCC(N(C)C(=O)N(C)C)C1.CC(C)C1CCCC1N(C)C(=O)N(C)C.CC(C)C1CCCCN1C.CC(C)C1CCCCN1C.CC(C)C1CCCCN1C.CC(C)C1CCCCN1C(=O)N(C)C.CC(C)C1CCCN(C(=O)N(C)C)C1.CC(C)C1CCCN(C)C1.CC(C)C1CCCN(C)C1.CC(C)C1CCCN(C)C1. The Bertz CT molecular complexity index is 3220. The molecule has 0 bridgehead atoms. The van der Waals surface area contributed by atoms with Crippen molar-refractivity contribution in [1.82, 2.24) is 78.4 Å². The smallest absolute Gasteiger partial charge is 0.319 e. The summed E-state index contributed by atoms with van der Waals surface area (Å²) >= 11 is 0. The predicted molar refractivity (Wildman–Crippen MR) is 631 cm³/mol. The topological polar surface area (TPSA) is 154 Å². The van der Waals surface area contributed by atoms with Crippen LogP contribution in [-0.2, 0) is 9.59 Å². The summed E-state index contributed by atoms with van der Waals surface area (Å²) in [6.07, 6.45) is 44.3. The predicted octanol–water partition coefficient (Wildman–Crippen LogP) is 26.6. The molecule has 864 valence electrons. The summed E-state index contributed by atoms with van der Waals surface area (Å²) in [5.74, 6) is 17.0. The quantitative estimate of drug-likeness (QED) is 0.144. The molecule has 22 heteroatoms. The third kappa shape index (κ3) is 54.2. The van der Waals surface area contributed by atoms with Crippen molar-refractivity contribution in [3.63, 3.8) is 0 Å². The van der Waals surface area contributed by atoms with E-state index in [1.807, 2.05) is 116 Å². The summed E-state index contributed by atoms with van der Waals surface area (Å²) in [6.45, 7) is 71.4. The number of carbonyl (C=O) groups is 6. The van der Waals surface area contributed by atoms with Crippen molar-refractivity contribution < 1.29 is 28.8 Å². The van der Waals surface area contributed by atoms with Crippen LogP contribution in [0.1, 0.15) is 391 Å². The third-order valence-electron chi connectivity index (χ3n) is 36.0. The van der Waals surface area contributed by atoms with E-state index >= 15 is 0 Å². The van der Waals surface area contributed by atoms with Crippen LogP contribution >= 0.6 is 0 Å². The fourth-order valence-electron chi connectivity index (χ4n) is 25.2. The van der Waals surface area contributed by atoms with Gasteiger partial charge in [0.15, 0.2) is 0 Å². The van der Waals surface area contributed by atoms with Gasteiger partial charge in [0, 0.05) is 186 Å². The molecular weight excluding hydrogens is 1810 g/mol. The monoisotopic (exact) mass is 2060 g/mol. The second-order valence-electron chi connectivity index (χ2n) is 53.0. The molecule has 12 unspecified atom stereocenters. The Labute approximate surface area is 908 Å². The van der Waals surface area contributed by atoms with Gasteiger partial charge < -0.3 is 78.4 Å². The Balaban J connectivity index is 0.000000799. The van der Waals surface area contributed by atoms with Crippen molar-refractivity contribution in [2.45, 2.75) is 434 Å². The molecule has 0 N–H and O–H groups in total. The molecule has 0 aromatic rings. The molecule has 22 nitrogen and oxygen atoms in total. The standard InChI is InChI=1S/2C12H24N2O.2C12H23NO.2C11H22N2O.6C9H19N/c1-9(2)10-6-7-11(8-10)14(5)12(15)13(3)4;1-9(2)10-7-6-8-11(10)14(5)12(15)13(3)4;1-9(2)10-5-7-11(8-6-10)12(14)13(3)4;1-9(2)11-5-7-12(8-6-11)13(4)10(3)14;1-9(2)10-6-5-7-13(8-10)11(14)12(3)4;1-9(2)10-7-5-6-8-13(10)11(14)12(3)4;3*1-8(2)9-5-4-6-10(3)7-9;3*1-8(2)9-6-4-5-7-10(9)3/h2*9-11H,6-8H2,1-5H3;9-11H,5-8H2,1-4H3;9,11-12H,5-8H2,1-4H3;2*9-10H,5-8H2,1-4H3;6*8-9H,4-7H2,1-3H3. The van der Waals surface area contributed by atoms with Gasteiger partial charge in [0.05, 0.1) is 0 Å². The first-order valence-electron chi connectivity index (χ1n) is 60.7. The van der Waals surface area contributed by atoms with Crippen LogP contribution in [0, 0.1) is 124 Å². The van der Waals surface area contributed by atoms with E-state index in [0.717, 1.165) is 159 Å². The van der Waals surface area contributed by atoms with Crippen LogP contribution in [0.25, 0.3) is 0 Å². The van der Waals surface area contributed by atoms with Gasteiger partial charge in [-0.1, -0.05) is 192 Å². The molecule has 8 aliphatic heterocycles. The van der Waals surface area contributed by atoms with Gasteiger partial charge in [-0.3, -0.25) is 9.59 Å². The molecule has 0 aromatic heterocycles. The maximum Gasteiger partial charge on any atom is 0.319 e. The van der Waals surface area contributed by atoms with Gasteiger partial charge >= 0.3 is 24.1 Å². The molecule has 12 aliphatic rings. The van der Waals surface area contributed by atoms with E-state index in [-0.39, 0.29) is 30.0 Å². The van der Waals surface area contributed by atoms with E-state index in [9.17, 15) is 28.8 Å². The zero-order valence-corrected chi connectivity index (χ0v) is 105. The lowest BCUT2D eigenvalue weighted by atomic mass is 9.76. The highest BCUT2D eigenvalue weighted by Gasteiger charge is 2.38. The molecule has 146 heavy (non-hydrogen) atoms. The maximum atomic E-state index is 11.9. The molecule has 10 amide bonds. The summed E-state index contributed by atoms with van der Waals surface area (Å²) in [6, 6.07) is 5.00. The van der Waals surface area contributed by atoms with Crippen molar-refractivity contribution in [2.24, 2.45) is 124 Å². The Morgan fingerprint density at radius 3 is 0.842 bits per heavy atom. The highest BCUT2D eigenvalue weighted by Crippen LogP contribution is 2.39. The molecular formula is C124H252N16O6. The van der Waals surface area contributed by atoms with Gasteiger partial charge in [0.1, 0.15) is 0 Å². The molecule has 4 saturated carbocycles. The van der Waals surface area contributed by atoms with E-state index in [1.54, 1.807) is 31.4 Å². The van der Waals surface area contributed by atoms with Crippen molar-refractivity contribution in [2.75, 3.05) is 212 Å². The van der Waals surface area contributed by atoms with Gasteiger partial charge in [-0.25, -0.2) is 19.2 Å². The van der Waals surface area contributed by atoms with Gasteiger partial charge in [0.25, 0.3) is 0 Å². The minimum Gasteiger partial charge on any atom is -0.349 e. The number of nitrogens with zero attached hydrogens (tertiary/aromatic N) is 16. The number of hydrogen-bond acceptors (Lipinski definition) is 12. The van der Waals surface area contributed by atoms with E-state index in [0.29, 0.717) is 65.6 Å². The van der Waals surface area contributed by atoms with E-state index in [2.05, 4.69) is 238 Å². The highest BCUT2D eigenvalue weighted by atomic mass is 16.2. The average Bonchev–Trinajstić information content (AvgIpc) is 1.75. The van der Waals surface area contributed by atoms with Crippen molar-refractivity contribution in [3.05, 3.63) is 0 Å². The first kappa shape index (κ1) is 140. The maximum absolute atomic E-state index is 11.9. The molecule has 4 aliphatic carbocycles. The molecule has 8 heterocycles. The number of likely N-dealkylation sites (tertiary alicyclic amines) is 8. The second kappa shape index (κ2) is 74.8. The first-order valence-corrected chi connectivity index (χ1v) is 60.7. The molecule has 8 saturated heterocycles. The van der Waals surface area contributed by atoms with Crippen LogP contribution in [-0.4, -0.2) is 369 Å². The zero-order valence-electron chi connectivity index (χ0n) is 105. The normalized spacial score (nSPS) is 27.0. The molecule has 0 radical (unpaired) electrons. The van der Waals surface area contributed by atoms with Gasteiger partial charge in [-0.2, -0.15) is 0 Å². The Morgan fingerprint density at radius 1 is 0.240 bits per heavy atom.